The summed E-state index contributed by atoms with van der Waals surface area (Å²) in [7, 11) is 0.702. The first kappa shape index (κ1) is 25.2. The molecule has 0 aliphatic carbocycles. The summed E-state index contributed by atoms with van der Waals surface area (Å²) in [6, 6.07) is 9.33. The smallest absolute Gasteiger partial charge is 0.193 e. The van der Waals surface area contributed by atoms with Crippen molar-refractivity contribution in [3.8, 4) is 0 Å². The first-order valence-corrected chi connectivity index (χ1v) is 11.6. The summed E-state index contributed by atoms with van der Waals surface area (Å²) in [5.74, 6) is 1.83. The molecule has 8 heteroatoms. The lowest BCUT2D eigenvalue weighted by Gasteiger charge is -2.26. The third-order valence-corrected chi connectivity index (χ3v) is 6.62. The second kappa shape index (κ2) is 13.4. The Labute approximate surface area is 187 Å². The Balaban J connectivity index is 0.00000392. The van der Waals surface area contributed by atoms with E-state index in [2.05, 4.69) is 15.2 Å². The van der Waals surface area contributed by atoms with Crippen LogP contribution in [-0.4, -0.2) is 65.4 Å². The number of ether oxygens (including phenoxy) is 1. The number of aliphatic imine (C=N–C) groups is 1. The Morgan fingerprint density at radius 2 is 1.93 bits per heavy atom. The number of halogens is 1. The highest BCUT2D eigenvalue weighted by atomic mass is 127. The van der Waals surface area contributed by atoms with Gasteiger partial charge in [-0.1, -0.05) is 30.3 Å². The maximum absolute atomic E-state index is 12.2. The van der Waals surface area contributed by atoms with E-state index < -0.39 is 9.84 Å². The Morgan fingerprint density at radius 1 is 1.25 bits per heavy atom. The van der Waals surface area contributed by atoms with Gasteiger partial charge in [-0.05, 0) is 37.2 Å². The standard InChI is InChI=1S/C20H33N3O3S.HI/c1-21-20(23(2)13-9-18-10-14-26-15-11-18)22-12-6-16-27(24,25)17-19-7-4-3-5-8-19;/h3-5,7-8,18H,6,9-17H2,1-2H3,(H,21,22);1H. The van der Waals surface area contributed by atoms with Crippen LogP contribution in [0, 0.1) is 5.92 Å². The van der Waals surface area contributed by atoms with Crippen LogP contribution in [0.4, 0.5) is 0 Å². The molecule has 0 radical (unpaired) electrons. The van der Waals surface area contributed by atoms with Crippen LogP contribution >= 0.6 is 24.0 Å². The van der Waals surface area contributed by atoms with E-state index in [4.69, 9.17) is 4.74 Å². The van der Waals surface area contributed by atoms with Gasteiger partial charge >= 0.3 is 0 Å². The number of nitrogens with zero attached hydrogens (tertiary/aromatic N) is 2. The van der Waals surface area contributed by atoms with Gasteiger partial charge in [-0.25, -0.2) is 8.42 Å². The van der Waals surface area contributed by atoms with Gasteiger partial charge < -0.3 is 15.0 Å². The summed E-state index contributed by atoms with van der Waals surface area (Å²) >= 11 is 0. The molecule has 0 unspecified atom stereocenters. The van der Waals surface area contributed by atoms with Gasteiger partial charge in [0.25, 0.3) is 0 Å². The van der Waals surface area contributed by atoms with E-state index in [9.17, 15) is 8.42 Å². The van der Waals surface area contributed by atoms with Gasteiger partial charge in [0.15, 0.2) is 15.8 Å². The number of benzene rings is 1. The van der Waals surface area contributed by atoms with Crippen molar-refractivity contribution in [2.75, 3.05) is 46.2 Å². The Bertz CT molecular complexity index is 677. The maximum Gasteiger partial charge on any atom is 0.193 e. The van der Waals surface area contributed by atoms with Crippen molar-refractivity contribution < 1.29 is 13.2 Å². The number of hydrogen-bond donors (Lipinski definition) is 1. The molecule has 0 aromatic heterocycles. The molecular formula is C20H34IN3O3S. The molecule has 1 aliphatic rings. The minimum absolute atomic E-state index is 0. The average molecular weight is 523 g/mol. The van der Waals surface area contributed by atoms with E-state index in [-0.39, 0.29) is 35.5 Å². The van der Waals surface area contributed by atoms with Crippen LogP contribution in [0.25, 0.3) is 0 Å². The predicted octanol–water partition coefficient (Wildman–Crippen LogP) is 2.93. The fourth-order valence-electron chi connectivity index (χ4n) is 3.29. The van der Waals surface area contributed by atoms with E-state index in [1.54, 1.807) is 7.05 Å². The number of rotatable bonds is 9. The number of guanidine groups is 1. The zero-order chi connectivity index (χ0) is 19.5. The zero-order valence-corrected chi connectivity index (χ0v) is 20.1. The van der Waals surface area contributed by atoms with Gasteiger partial charge in [-0.15, -0.1) is 24.0 Å². The second-order valence-electron chi connectivity index (χ2n) is 7.17. The van der Waals surface area contributed by atoms with Crippen molar-refractivity contribution >= 4 is 39.8 Å². The maximum atomic E-state index is 12.2. The summed E-state index contributed by atoms with van der Waals surface area (Å²) in [6.45, 7) is 3.29. The lowest BCUT2D eigenvalue weighted by molar-refractivity contribution is 0.0625. The van der Waals surface area contributed by atoms with E-state index in [0.29, 0.717) is 13.0 Å². The molecule has 1 saturated heterocycles. The van der Waals surface area contributed by atoms with E-state index in [1.165, 1.54) is 0 Å². The Kier molecular flexibility index (Phi) is 12.0. The van der Waals surface area contributed by atoms with Crippen LogP contribution in [0.1, 0.15) is 31.2 Å². The van der Waals surface area contributed by atoms with Gasteiger partial charge in [0.2, 0.25) is 0 Å². The molecule has 1 aliphatic heterocycles. The zero-order valence-electron chi connectivity index (χ0n) is 17.0. The second-order valence-corrected chi connectivity index (χ2v) is 9.36. The van der Waals surface area contributed by atoms with Crippen molar-refractivity contribution in [1.82, 2.24) is 10.2 Å². The predicted molar refractivity (Wildman–Crippen MR) is 126 cm³/mol. The SMILES string of the molecule is CN=C(NCCCS(=O)(=O)Cc1ccccc1)N(C)CCC1CCOCC1.I. The third kappa shape index (κ3) is 9.56. The molecule has 2 rings (SSSR count). The molecule has 160 valence electrons. The number of sulfone groups is 1. The van der Waals surface area contributed by atoms with Gasteiger partial charge in [0.1, 0.15) is 0 Å². The van der Waals surface area contributed by atoms with E-state index in [0.717, 1.165) is 56.5 Å². The van der Waals surface area contributed by atoms with Gasteiger partial charge in [0.05, 0.1) is 11.5 Å². The molecule has 0 bridgehead atoms. The summed E-state index contributed by atoms with van der Waals surface area (Å²) in [5.41, 5.74) is 0.842. The van der Waals surface area contributed by atoms with Crippen LogP contribution < -0.4 is 5.32 Å². The molecule has 0 spiro atoms. The fourth-order valence-corrected chi connectivity index (χ4v) is 4.72. The van der Waals surface area contributed by atoms with Crippen LogP contribution in [-0.2, 0) is 20.3 Å². The van der Waals surface area contributed by atoms with Crippen molar-refractivity contribution in [2.45, 2.75) is 31.4 Å². The molecule has 1 heterocycles. The van der Waals surface area contributed by atoms with Crippen molar-refractivity contribution in [3.05, 3.63) is 35.9 Å². The molecule has 0 atom stereocenters. The van der Waals surface area contributed by atoms with E-state index >= 15 is 0 Å². The summed E-state index contributed by atoms with van der Waals surface area (Å²) in [4.78, 5) is 6.43. The quantitative estimate of drug-likeness (QED) is 0.233. The Hall–Kier alpha value is -0.870. The molecule has 1 N–H and O–H groups in total. The summed E-state index contributed by atoms with van der Waals surface area (Å²) in [6.07, 6.45) is 3.98. The summed E-state index contributed by atoms with van der Waals surface area (Å²) in [5, 5.41) is 3.28. The van der Waals surface area contributed by atoms with Crippen LogP contribution in [0.5, 0.6) is 0 Å². The Morgan fingerprint density at radius 3 is 2.57 bits per heavy atom. The minimum atomic E-state index is -3.09. The van der Waals surface area contributed by atoms with Crippen LogP contribution in [0.15, 0.2) is 35.3 Å². The van der Waals surface area contributed by atoms with Crippen molar-refractivity contribution in [1.29, 1.82) is 0 Å². The summed E-state index contributed by atoms with van der Waals surface area (Å²) < 4.78 is 29.9. The van der Waals surface area contributed by atoms with Crippen molar-refractivity contribution in [2.24, 2.45) is 10.9 Å². The molecule has 0 amide bonds. The third-order valence-electron chi connectivity index (χ3n) is 4.93. The monoisotopic (exact) mass is 523 g/mol. The number of hydrogen-bond acceptors (Lipinski definition) is 4. The fraction of sp³-hybridized carbons (Fsp3) is 0.650. The number of nitrogens with one attached hydrogen (secondary N) is 1. The highest BCUT2D eigenvalue weighted by molar-refractivity contribution is 14.0. The molecule has 1 aromatic carbocycles. The van der Waals surface area contributed by atoms with Crippen molar-refractivity contribution in [3.63, 3.8) is 0 Å². The highest BCUT2D eigenvalue weighted by Gasteiger charge is 2.16. The van der Waals surface area contributed by atoms with Crippen LogP contribution in [0.2, 0.25) is 0 Å². The normalized spacial score (nSPS) is 15.7. The molecule has 0 saturated carbocycles. The largest absolute Gasteiger partial charge is 0.381 e. The van der Waals surface area contributed by atoms with E-state index in [1.807, 2.05) is 37.4 Å². The first-order valence-electron chi connectivity index (χ1n) is 9.74. The van der Waals surface area contributed by atoms with Gasteiger partial charge in [-0.2, -0.15) is 0 Å². The first-order chi connectivity index (χ1) is 13.0. The lowest BCUT2D eigenvalue weighted by atomic mass is 9.96. The molecule has 28 heavy (non-hydrogen) atoms. The highest BCUT2D eigenvalue weighted by Crippen LogP contribution is 2.18. The molecule has 1 fully saturated rings. The molecule has 1 aromatic rings. The topological polar surface area (TPSA) is 71.0 Å². The average Bonchev–Trinajstić information content (AvgIpc) is 2.67. The lowest BCUT2D eigenvalue weighted by Crippen LogP contribution is -2.40. The molecular weight excluding hydrogens is 489 g/mol. The minimum Gasteiger partial charge on any atom is -0.381 e. The van der Waals surface area contributed by atoms with Crippen LogP contribution in [0.3, 0.4) is 0 Å². The van der Waals surface area contributed by atoms with Gasteiger partial charge in [0, 0.05) is 40.4 Å². The van der Waals surface area contributed by atoms with Gasteiger partial charge in [-0.3, -0.25) is 4.99 Å². The molecule has 6 nitrogen and oxygen atoms in total.